The highest BCUT2D eigenvalue weighted by molar-refractivity contribution is 6.00. The Balaban J connectivity index is 2.65. The minimum Gasteiger partial charge on any atom is -0.507 e. The largest absolute Gasteiger partial charge is 0.507 e. The summed E-state index contributed by atoms with van der Waals surface area (Å²) in [5.74, 6) is 1.40. The summed E-state index contributed by atoms with van der Waals surface area (Å²) in [6, 6.07) is 5.05. The maximum Gasteiger partial charge on any atom is 0.168 e. The first-order valence-electron chi connectivity index (χ1n) is 7.29. The second-order valence-corrected chi connectivity index (χ2v) is 5.22. The molecule has 0 unspecified atom stereocenters. The Hall–Kier alpha value is -2.18. The van der Waals surface area contributed by atoms with Gasteiger partial charge in [0.05, 0.1) is 32.8 Å². The average Bonchev–Trinajstić information content (AvgIpc) is 2.53. The number of phenolic OH excluding ortho intramolecular Hbond substituents is 1. The lowest BCUT2D eigenvalue weighted by atomic mass is 9.99. The van der Waals surface area contributed by atoms with Gasteiger partial charge in [0.15, 0.2) is 11.5 Å². The van der Waals surface area contributed by atoms with Gasteiger partial charge in [-0.3, -0.25) is 0 Å². The van der Waals surface area contributed by atoms with E-state index in [-0.39, 0.29) is 12.4 Å². The lowest BCUT2D eigenvalue weighted by Crippen LogP contribution is -2.12. The van der Waals surface area contributed by atoms with Crippen molar-refractivity contribution in [3.8, 4) is 23.0 Å². The molecule has 0 aromatic heterocycles. The minimum absolute atomic E-state index is 0.0250. The van der Waals surface area contributed by atoms with Crippen molar-refractivity contribution in [2.45, 2.75) is 18.9 Å². The maximum absolute atomic E-state index is 10.3. The molecule has 0 saturated heterocycles. The summed E-state index contributed by atoms with van der Waals surface area (Å²) in [5.41, 5.74) is 0.807. The van der Waals surface area contributed by atoms with Crippen LogP contribution in [0.15, 0.2) is 18.2 Å². The molecule has 0 spiro atoms. The van der Waals surface area contributed by atoms with Gasteiger partial charge in [-0.25, -0.2) is 0 Å². The summed E-state index contributed by atoms with van der Waals surface area (Å²) in [5, 5.41) is 30.3. The molecule has 2 aromatic rings. The Morgan fingerprint density at radius 3 is 2.26 bits per heavy atom. The summed E-state index contributed by atoms with van der Waals surface area (Å²) in [6.45, 7) is -0.0795. The maximum atomic E-state index is 10.3. The molecule has 0 radical (unpaired) electrons. The van der Waals surface area contributed by atoms with Crippen LogP contribution in [0.4, 0.5) is 0 Å². The number of fused-ring (bicyclic) bond motifs is 1. The SMILES string of the molecule is COc1cc(O)c2c(OC)cc(C[C@@H](O)CCO)cc2c1OC. The molecule has 0 amide bonds. The van der Waals surface area contributed by atoms with Crippen molar-refractivity contribution in [1.29, 1.82) is 0 Å². The van der Waals surface area contributed by atoms with Crippen molar-refractivity contribution in [2.75, 3.05) is 27.9 Å². The van der Waals surface area contributed by atoms with E-state index in [1.165, 1.54) is 27.4 Å². The number of methoxy groups -OCH3 is 3. The number of ether oxygens (including phenoxy) is 3. The van der Waals surface area contributed by atoms with Crippen LogP contribution >= 0.6 is 0 Å². The van der Waals surface area contributed by atoms with Crippen LogP contribution in [-0.2, 0) is 6.42 Å². The third kappa shape index (κ3) is 3.43. The van der Waals surface area contributed by atoms with Crippen molar-refractivity contribution < 1.29 is 29.5 Å². The van der Waals surface area contributed by atoms with Crippen molar-refractivity contribution in [2.24, 2.45) is 0 Å². The number of benzene rings is 2. The van der Waals surface area contributed by atoms with Crippen molar-refractivity contribution in [3.63, 3.8) is 0 Å². The fraction of sp³-hybridized carbons (Fsp3) is 0.412. The molecule has 0 bridgehead atoms. The number of aliphatic hydroxyl groups excluding tert-OH is 2. The topological polar surface area (TPSA) is 88.4 Å². The van der Waals surface area contributed by atoms with Gasteiger partial charge in [-0.05, 0) is 30.5 Å². The van der Waals surface area contributed by atoms with Crippen molar-refractivity contribution in [3.05, 3.63) is 23.8 Å². The molecular weight excluding hydrogens is 300 g/mol. The van der Waals surface area contributed by atoms with E-state index in [4.69, 9.17) is 19.3 Å². The van der Waals surface area contributed by atoms with Crippen LogP contribution < -0.4 is 14.2 Å². The minimum atomic E-state index is -0.660. The zero-order valence-electron chi connectivity index (χ0n) is 13.5. The molecule has 0 aliphatic carbocycles. The number of aromatic hydroxyl groups is 1. The highest BCUT2D eigenvalue weighted by atomic mass is 16.5. The fourth-order valence-corrected chi connectivity index (χ4v) is 2.67. The van der Waals surface area contributed by atoms with Gasteiger partial charge in [-0.15, -0.1) is 0 Å². The van der Waals surface area contributed by atoms with E-state index in [0.29, 0.717) is 40.9 Å². The lowest BCUT2D eigenvalue weighted by Gasteiger charge is -2.17. The highest BCUT2D eigenvalue weighted by Crippen LogP contribution is 2.45. The third-order valence-corrected chi connectivity index (χ3v) is 3.73. The molecule has 0 heterocycles. The van der Waals surface area contributed by atoms with Crippen LogP contribution in [0.25, 0.3) is 10.8 Å². The van der Waals surface area contributed by atoms with E-state index in [9.17, 15) is 10.2 Å². The normalized spacial score (nSPS) is 12.2. The molecule has 0 fully saturated rings. The van der Waals surface area contributed by atoms with Gasteiger partial charge in [0.25, 0.3) is 0 Å². The molecule has 0 aliphatic heterocycles. The Morgan fingerprint density at radius 2 is 1.70 bits per heavy atom. The molecule has 1 atom stereocenters. The van der Waals surface area contributed by atoms with Gasteiger partial charge < -0.3 is 29.5 Å². The Bertz CT molecular complexity index is 683. The predicted molar refractivity (Wildman–Crippen MR) is 86.7 cm³/mol. The summed E-state index contributed by atoms with van der Waals surface area (Å²) >= 11 is 0. The van der Waals surface area contributed by atoms with Gasteiger partial charge in [-0.2, -0.15) is 0 Å². The quantitative estimate of drug-likeness (QED) is 0.721. The van der Waals surface area contributed by atoms with E-state index in [2.05, 4.69) is 0 Å². The number of rotatable bonds is 7. The molecule has 6 heteroatoms. The van der Waals surface area contributed by atoms with E-state index in [0.717, 1.165) is 5.56 Å². The summed E-state index contributed by atoms with van der Waals surface area (Å²) in [7, 11) is 4.53. The average molecular weight is 322 g/mol. The zero-order chi connectivity index (χ0) is 17.0. The van der Waals surface area contributed by atoms with Crippen LogP contribution in [0.5, 0.6) is 23.0 Å². The molecule has 126 valence electrons. The van der Waals surface area contributed by atoms with Crippen LogP contribution in [0.2, 0.25) is 0 Å². The van der Waals surface area contributed by atoms with Crippen LogP contribution in [0.3, 0.4) is 0 Å². The monoisotopic (exact) mass is 322 g/mol. The van der Waals surface area contributed by atoms with E-state index in [1.807, 2.05) is 6.07 Å². The number of aliphatic hydroxyl groups is 2. The third-order valence-electron chi connectivity index (χ3n) is 3.73. The second kappa shape index (κ2) is 7.39. The first-order chi connectivity index (χ1) is 11.0. The van der Waals surface area contributed by atoms with Crippen LogP contribution in [0, 0.1) is 0 Å². The lowest BCUT2D eigenvalue weighted by molar-refractivity contribution is 0.133. The van der Waals surface area contributed by atoms with E-state index in [1.54, 1.807) is 6.07 Å². The summed E-state index contributed by atoms with van der Waals surface area (Å²) in [4.78, 5) is 0. The molecular formula is C17H22O6. The van der Waals surface area contributed by atoms with Gasteiger partial charge >= 0.3 is 0 Å². The zero-order valence-corrected chi connectivity index (χ0v) is 13.5. The predicted octanol–water partition coefficient (Wildman–Crippen LogP) is 1.86. The van der Waals surface area contributed by atoms with E-state index < -0.39 is 6.10 Å². The Labute approximate surface area is 134 Å². The smallest absolute Gasteiger partial charge is 0.168 e. The standard InChI is InChI=1S/C17H22O6/c1-21-14-8-10(6-11(19)4-5-18)7-12-16(14)13(20)9-15(22-2)17(12)23-3/h7-9,11,18-20H,4-6H2,1-3H3/t11-/m0/s1. The van der Waals surface area contributed by atoms with Gasteiger partial charge in [-0.1, -0.05) is 0 Å². The summed E-state index contributed by atoms with van der Waals surface area (Å²) in [6.07, 6.45) is -0.0122. The van der Waals surface area contributed by atoms with E-state index >= 15 is 0 Å². The Morgan fingerprint density at radius 1 is 1.00 bits per heavy atom. The van der Waals surface area contributed by atoms with Crippen molar-refractivity contribution >= 4 is 10.8 Å². The molecule has 3 N–H and O–H groups in total. The molecule has 2 aromatic carbocycles. The first kappa shape index (κ1) is 17.2. The second-order valence-electron chi connectivity index (χ2n) is 5.22. The molecule has 2 rings (SSSR count). The van der Waals surface area contributed by atoms with Gasteiger partial charge in [0.2, 0.25) is 0 Å². The number of hydrogen-bond acceptors (Lipinski definition) is 6. The highest BCUT2D eigenvalue weighted by Gasteiger charge is 2.18. The molecule has 0 aliphatic rings. The Kier molecular flexibility index (Phi) is 5.52. The van der Waals surface area contributed by atoms with Crippen LogP contribution in [-0.4, -0.2) is 49.4 Å². The van der Waals surface area contributed by atoms with Gasteiger partial charge in [0, 0.05) is 18.1 Å². The number of hydrogen-bond donors (Lipinski definition) is 3. The molecule has 6 nitrogen and oxygen atoms in total. The molecule has 0 saturated carbocycles. The van der Waals surface area contributed by atoms with Crippen LogP contribution in [0.1, 0.15) is 12.0 Å². The van der Waals surface area contributed by atoms with Crippen molar-refractivity contribution in [1.82, 2.24) is 0 Å². The summed E-state index contributed by atoms with van der Waals surface area (Å²) < 4.78 is 16.0. The molecule has 23 heavy (non-hydrogen) atoms. The number of phenols is 1. The van der Waals surface area contributed by atoms with Gasteiger partial charge in [0.1, 0.15) is 11.5 Å². The fourth-order valence-electron chi connectivity index (χ4n) is 2.67. The first-order valence-corrected chi connectivity index (χ1v) is 7.29.